The van der Waals surface area contributed by atoms with E-state index in [2.05, 4.69) is 22.0 Å². The summed E-state index contributed by atoms with van der Waals surface area (Å²) < 4.78 is 13.3. The molecule has 2 heterocycles. The summed E-state index contributed by atoms with van der Waals surface area (Å²) in [6, 6.07) is 14.9. The van der Waals surface area contributed by atoms with Crippen molar-refractivity contribution in [2.24, 2.45) is 0 Å². The number of aromatic nitrogens is 1. The third-order valence-corrected chi connectivity index (χ3v) is 3.96. The molecule has 0 aliphatic rings. The van der Waals surface area contributed by atoms with E-state index in [1.54, 1.807) is 18.3 Å². The maximum atomic E-state index is 11.8. The van der Waals surface area contributed by atoms with Crippen molar-refractivity contribution < 1.29 is 14.3 Å². The van der Waals surface area contributed by atoms with Gasteiger partial charge in [-0.2, -0.15) is 5.26 Å². The molecule has 1 aromatic carbocycles. The third kappa shape index (κ3) is 3.58. The molecule has 6 heteroatoms. The van der Waals surface area contributed by atoms with Gasteiger partial charge in [-0.15, -0.1) is 0 Å². The van der Waals surface area contributed by atoms with Gasteiger partial charge in [0.1, 0.15) is 18.4 Å². The van der Waals surface area contributed by atoms with Gasteiger partial charge in [0, 0.05) is 22.4 Å². The fourth-order valence-corrected chi connectivity index (χ4v) is 2.55. The van der Waals surface area contributed by atoms with E-state index >= 15 is 0 Å². The summed E-state index contributed by atoms with van der Waals surface area (Å²) in [6.45, 7) is -0.149. The highest BCUT2D eigenvalue weighted by atomic mass is 79.9. The maximum Gasteiger partial charge on any atom is 0.344 e. The molecule has 24 heavy (non-hydrogen) atoms. The van der Waals surface area contributed by atoms with Gasteiger partial charge in [0.2, 0.25) is 0 Å². The van der Waals surface area contributed by atoms with Crippen LogP contribution in [0.3, 0.4) is 0 Å². The molecule has 0 fully saturated rings. The van der Waals surface area contributed by atoms with E-state index in [1.165, 1.54) is 0 Å². The quantitative estimate of drug-likeness (QED) is 0.629. The summed E-state index contributed by atoms with van der Waals surface area (Å²) in [5.74, 6) is 0.0968. The number of ether oxygens (including phenoxy) is 2. The zero-order valence-corrected chi connectivity index (χ0v) is 14.2. The summed E-state index contributed by atoms with van der Waals surface area (Å²) in [4.78, 5) is 11.8. The minimum Gasteiger partial charge on any atom is -0.482 e. The number of nitriles is 1. The van der Waals surface area contributed by atoms with Gasteiger partial charge in [-0.05, 0) is 36.4 Å². The van der Waals surface area contributed by atoms with Gasteiger partial charge in [-0.1, -0.05) is 22.0 Å². The fourth-order valence-electron chi connectivity index (χ4n) is 2.29. The number of hydrogen-bond donors (Lipinski definition) is 0. The number of carbonyl (C=O) groups excluding carboxylic acids is 1. The molecule has 0 N–H and O–H groups in total. The Balaban J connectivity index is 1.60. The SMILES string of the molecule is N#Cc1c(COC(=O)COc2ccc(Br)cc2)cn2ccccc12. The number of pyridine rings is 1. The van der Waals surface area contributed by atoms with E-state index in [-0.39, 0.29) is 13.2 Å². The lowest BCUT2D eigenvalue weighted by molar-refractivity contribution is -0.147. The molecule has 0 saturated heterocycles. The molecule has 0 amide bonds. The lowest BCUT2D eigenvalue weighted by atomic mass is 10.2. The summed E-state index contributed by atoms with van der Waals surface area (Å²) in [5.41, 5.74) is 1.97. The van der Waals surface area contributed by atoms with Gasteiger partial charge in [-0.25, -0.2) is 4.79 Å². The molecular weight excluding hydrogens is 372 g/mol. The highest BCUT2D eigenvalue weighted by molar-refractivity contribution is 9.10. The number of rotatable bonds is 5. The number of halogens is 1. The molecule has 3 aromatic rings. The molecule has 120 valence electrons. The van der Waals surface area contributed by atoms with E-state index in [0.29, 0.717) is 16.9 Å². The van der Waals surface area contributed by atoms with Gasteiger partial charge in [-0.3, -0.25) is 0 Å². The van der Waals surface area contributed by atoms with Crippen molar-refractivity contribution in [2.75, 3.05) is 6.61 Å². The fraction of sp³-hybridized carbons (Fsp3) is 0.111. The van der Waals surface area contributed by atoms with Crippen LogP contribution in [0.2, 0.25) is 0 Å². The van der Waals surface area contributed by atoms with Crippen molar-refractivity contribution in [2.45, 2.75) is 6.61 Å². The largest absolute Gasteiger partial charge is 0.482 e. The Kier molecular flexibility index (Phi) is 4.82. The second-order valence-corrected chi connectivity index (χ2v) is 5.95. The second kappa shape index (κ2) is 7.20. The molecule has 0 aliphatic heterocycles. The van der Waals surface area contributed by atoms with Gasteiger partial charge in [0.25, 0.3) is 0 Å². The molecule has 3 rings (SSSR count). The highest BCUT2D eigenvalue weighted by Crippen LogP contribution is 2.19. The van der Waals surface area contributed by atoms with E-state index in [1.807, 2.05) is 40.9 Å². The van der Waals surface area contributed by atoms with Crippen molar-refractivity contribution in [3.63, 3.8) is 0 Å². The smallest absolute Gasteiger partial charge is 0.344 e. The van der Waals surface area contributed by atoms with E-state index in [4.69, 9.17) is 9.47 Å². The molecular formula is C18H13BrN2O3. The van der Waals surface area contributed by atoms with Gasteiger partial charge in [0.05, 0.1) is 11.1 Å². The molecule has 0 saturated carbocycles. The zero-order valence-electron chi connectivity index (χ0n) is 12.6. The number of esters is 1. The Labute approximate surface area is 147 Å². The molecule has 0 spiro atoms. The monoisotopic (exact) mass is 384 g/mol. The van der Waals surface area contributed by atoms with Crippen LogP contribution in [0.4, 0.5) is 0 Å². The van der Waals surface area contributed by atoms with Crippen LogP contribution in [-0.4, -0.2) is 17.0 Å². The van der Waals surface area contributed by atoms with Crippen LogP contribution in [0.25, 0.3) is 5.52 Å². The van der Waals surface area contributed by atoms with E-state index in [0.717, 1.165) is 9.99 Å². The van der Waals surface area contributed by atoms with Crippen molar-refractivity contribution >= 4 is 27.4 Å². The molecule has 0 aliphatic carbocycles. The van der Waals surface area contributed by atoms with Crippen LogP contribution < -0.4 is 4.74 Å². The van der Waals surface area contributed by atoms with Crippen molar-refractivity contribution in [3.05, 3.63) is 70.5 Å². The van der Waals surface area contributed by atoms with E-state index in [9.17, 15) is 10.1 Å². The zero-order chi connectivity index (χ0) is 16.9. The van der Waals surface area contributed by atoms with Crippen LogP contribution in [0, 0.1) is 11.3 Å². The average Bonchev–Trinajstić information content (AvgIpc) is 2.97. The molecule has 0 atom stereocenters. The van der Waals surface area contributed by atoms with Gasteiger partial charge in [0.15, 0.2) is 6.61 Å². The summed E-state index contributed by atoms with van der Waals surface area (Å²) in [5, 5.41) is 9.31. The second-order valence-electron chi connectivity index (χ2n) is 5.04. The van der Waals surface area contributed by atoms with Crippen LogP contribution in [-0.2, 0) is 16.1 Å². The van der Waals surface area contributed by atoms with Crippen LogP contribution in [0.15, 0.2) is 59.3 Å². The number of nitrogens with zero attached hydrogens (tertiary/aromatic N) is 2. The first-order valence-electron chi connectivity index (χ1n) is 7.20. The Hall–Kier alpha value is -2.78. The number of benzene rings is 1. The standard InChI is InChI=1S/C18H13BrN2O3/c19-14-4-6-15(7-5-14)23-12-18(22)24-11-13-10-21-8-2-1-3-17(21)16(13)9-20/h1-8,10H,11-12H2. The average molecular weight is 385 g/mol. The topological polar surface area (TPSA) is 63.7 Å². The first-order chi connectivity index (χ1) is 11.7. The third-order valence-electron chi connectivity index (χ3n) is 3.43. The minimum absolute atomic E-state index is 0.0348. The molecule has 0 bridgehead atoms. The first kappa shape index (κ1) is 16.1. The van der Waals surface area contributed by atoms with Crippen molar-refractivity contribution in [3.8, 4) is 11.8 Å². The predicted molar refractivity (Wildman–Crippen MR) is 91.5 cm³/mol. The molecule has 2 aromatic heterocycles. The first-order valence-corrected chi connectivity index (χ1v) is 7.99. The van der Waals surface area contributed by atoms with Gasteiger partial charge >= 0.3 is 5.97 Å². The van der Waals surface area contributed by atoms with Gasteiger partial charge < -0.3 is 13.9 Å². The summed E-state index contributed by atoms with van der Waals surface area (Å²) in [6.07, 6.45) is 3.63. The highest BCUT2D eigenvalue weighted by Gasteiger charge is 2.12. The Bertz CT molecular complexity index is 910. The summed E-state index contributed by atoms with van der Waals surface area (Å²) >= 11 is 3.33. The Morgan fingerprint density at radius 3 is 2.75 bits per heavy atom. The lowest BCUT2D eigenvalue weighted by Crippen LogP contribution is -2.14. The number of fused-ring (bicyclic) bond motifs is 1. The van der Waals surface area contributed by atoms with Crippen molar-refractivity contribution in [1.29, 1.82) is 5.26 Å². The maximum absolute atomic E-state index is 11.8. The normalized spacial score (nSPS) is 10.3. The molecule has 0 unspecified atom stereocenters. The predicted octanol–water partition coefficient (Wildman–Crippen LogP) is 3.70. The Morgan fingerprint density at radius 2 is 2.00 bits per heavy atom. The summed E-state index contributed by atoms with van der Waals surface area (Å²) in [7, 11) is 0. The molecule has 5 nitrogen and oxygen atoms in total. The van der Waals surface area contributed by atoms with Crippen LogP contribution in [0.5, 0.6) is 5.75 Å². The number of hydrogen-bond acceptors (Lipinski definition) is 4. The van der Waals surface area contributed by atoms with E-state index < -0.39 is 5.97 Å². The Morgan fingerprint density at radius 1 is 1.21 bits per heavy atom. The lowest BCUT2D eigenvalue weighted by Gasteiger charge is -2.06. The molecule has 0 radical (unpaired) electrons. The number of carbonyl (C=O) groups is 1. The van der Waals surface area contributed by atoms with Crippen LogP contribution >= 0.6 is 15.9 Å². The van der Waals surface area contributed by atoms with Crippen LogP contribution in [0.1, 0.15) is 11.1 Å². The minimum atomic E-state index is -0.489. The van der Waals surface area contributed by atoms with Crippen molar-refractivity contribution in [1.82, 2.24) is 4.40 Å².